The maximum Gasteiger partial charge on any atom is 3.00 e. The first-order valence-electron chi connectivity index (χ1n) is 6.87. The summed E-state index contributed by atoms with van der Waals surface area (Å²) in [6.45, 7) is 7.06. The molecule has 0 atom stereocenters. The van der Waals surface area contributed by atoms with Crippen molar-refractivity contribution in [1.29, 1.82) is 0 Å². The Kier molecular flexibility index (Phi) is 31.7. The van der Waals surface area contributed by atoms with Gasteiger partial charge in [-0.15, -0.1) is 0 Å². The van der Waals surface area contributed by atoms with E-state index >= 15 is 0 Å². The van der Waals surface area contributed by atoms with Crippen LogP contribution in [0.4, 0.5) is 0 Å². The number of aliphatic carboxylic acids is 3. The Morgan fingerprint density at radius 3 is 0.769 bits per heavy atom. The topological polar surface area (TPSA) is 192 Å². The van der Waals surface area contributed by atoms with E-state index in [1.54, 1.807) is 13.8 Å². The van der Waals surface area contributed by atoms with Gasteiger partial charge in [0.05, 0.1) is 0 Å². The Morgan fingerprint density at radius 1 is 0.654 bits per heavy atom. The fourth-order valence-corrected chi connectivity index (χ4v) is 0.610. The van der Waals surface area contributed by atoms with E-state index < -0.39 is 37.2 Å². The monoisotopic (exact) mass is 453 g/mol. The van der Waals surface area contributed by atoms with E-state index in [1.807, 2.05) is 0 Å². The molecule has 10 nitrogen and oxygen atoms in total. The number of hydrogen-bond donors (Lipinski definition) is 1. The summed E-state index contributed by atoms with van der Waals surface area (Å²) >= 11 is 0. The van der Waals surface area contributed by atoms with Crippen LogP contribution >= 0.6 is 0 Å². The largest absolute Gasteiger partial charge is 3.00 e. The zero-order valence-electron chi connectivity index (χ0n) is 15.3. The summed E-state index contributed by atoms with van der Waals surface area (Å²) in [6, 6.07) is 0. The number of carbonyl (C=O) groups is 6. The van der Waals surface area contributed by atoms with E-state index in [0.29, 0.717) is 0 Å². The maximum absolute atomic E-state index is 9.83. The second kappa shape index (κ2) is 23.3. The second-order valence-corrected chi connectivity index (χ2v) is 4.85. The number of aliphatic hydroxyl groups excluding tert-OH is 1. The fraction of sp³-hybridized carbons (Fsp3) is 0.600. The van der Waals surface area contributed by atoms with E-state index in [2.05, 4.69) is 0 Å². The number of rotatable bonds is 6. The van der Waals surface area contributed by atoms with Gasteiger partial charge in [0.2, 0.25) is 0 Å². The van der Waals surface area contributed by atoms with Crippen LogP contribution in [0.2, 0.25) is 0 Å². The minimum absolute atomic E-state index is 0. The minimum atomic E-state index is -1.31. The van der Waals surface area contributed by atoms with Crippen LogP contribution in [0.25, 0.3) is 0 Å². The first kappa shape index (κ1) is 35.4. The molecule has 0 saturated carbocycles. The number of carboxylic acids is 3. The summed E-state index contributed by atoms with van der Waals surface area (Å²) in [5.41, 5.74) is 0. The third kappa shape index (κ3) is 95.6. The Morgan fingerprint density at radius 2 is 0.769 bits per heavy atom. The number of hydrogen-bond acceptors (Lipinski definition) is 10. The van der Waals surface area contributed by atoms with Crippen LogP contribution in [0.5, 0.6) is 0 Å². The third-order valence-corrected chi connectivity index (χ3v) is 1.18. The van der Waals surface area contributed by atoms with Gasteiger partial charge in [0.15, 0.2) is 0 Å². The molecule has 0 fully saturated rings. The van der Waals surface area contributed by atoms with Crippen LogP contribution in [-0.4, -0.2) is 46.5 Å². The molecule has 0 bridgehead atoms. The van der Waals surface area contributed by atoms with Gasteiger partial charge < -0.3 is 34.8 Å². The number of carboxylic acid groups (broad SMARTS) is 3. The molecule has 26 heavy (non-hydrogen) atoms. The number of ketones is 3. The Balaban J connectivity index is -0.0000000759. The average Bonchev–Trinajstić information content (AvgIpc) is 2.22. The number of carbonyl (C=O) groups excluding carboxylic acids is 6. The quantitative estimate of drug-likeness (QED) is 0.394. The molecule has 0 aliphatic rings. The predicted molar refractivity (Wildman–Crippen MR) is 78.3 cm³/mol. The molecule has 1 radical (unpaired) electrons. The summed E-state index contributed by atoms with van der Waals surface area (Å²) in [5.74, 6) is -5.06. The summed E-state index contributed by atoms with van der Waals surface area (Å²) in [6.07, 6.45) is -1.58. The van der Waals surface area contributed by atoms with E-state index in [4.69, 9.17) is 5.11 Å². The molecule has 1 N–H and O–H groups in total. The molecular formula is C15H23O10Zr. The molecule has 0 rings (SSSR count). The van der Waals surface area contributed by atoms with E-state index in [1.165, 1.54) is 20.8 Å². The molecule has 147 valence electrons. The van der Waals surface area contributed by atoms with Gasteiger partial charge in [-0.2, -0.15) is 0 Å². The van der Waals surface area contributed by atoms with Crippen molar-refractivity contribution >= 4 is 35.3 Å². The minimum Gasteiger partial charge on any atom is -0.550 e. The van der Waals surface area contributed by atoms with Gasteiger partial charge in [-0.05, 0) is 34.6 Å². The van der Waals surface area contributed by atoms with Crippen LogP contribution < -0.4 is 15.3 Å². The van der Waals surface area contributed by atoms with Gasteiger partial charge in [-0.3, -0.25) is 14.4 Å². The maximum atomic E-state index is 9.83. The van der Waals surface area contributed by atoms with Crippen LogP contribution in [0.1, 0.15) is 53.9 Å². The zero-order chi connectivity index (χ0) is 21.2. The molecule has 0 heterocycles. The van der Waals surface area contributed by atoms with Crippen molar-refractivity contribution in [3.63, 3.8) is 0 Å². The van der Waals surface area contributed by atoms with Crippen molar-refractivity contribution in [1.82, 2.24) is 0 Å². The van der Waals surface area contributed by atoms with Crippen molar-refractivity contribution in [2.24, 2.45) is 0 Å². The summed E-state index contributed by atoms with van der Waals surface area (Å²) in [7, 11) is 0. The molecule has 0 spiro atoms. The number of aliphatic hydroxyl groups is 1. The predicted octanol–water partition coefficient (Wildman–Crippen LogP) is -3.47. The van der Waals surface area contributed by atoms with E-state index in [-0.39, 0.29) is 49.7 Å². The summed E-state index contributed by atoms with van der Waals surface area (Å²) < 4.78 is 0. The van der Waals surface area contributed by atoms with Crippen LogP contribution in [0.3, 0.4) is 0 Å². The van der Waals surface area contributed by atoms with E-state index in [9.17, 15) is 44.1 Å². The fourth-order valence-electron chi connectivity index (χ4n) is 0.610. The van der Waals surface area contributed by atoms with Crippen molar-refractivity contribution in [2.45, 2.75) is 60.0 Å². The van der Waals surface area contributed by atoms with Gasteiger partial charge in [-0.1, -0.05) is 0 Å². The van der Waals surface area contributed by atoms with Gasteiger partial charge in [0.1, 0.15) is 17.3 Å². The average molecular weight is 455 g/mol. The van der Waals surface area contributed by atoms with Gasteiger partial charge >= 0.3 is 26.2 Å². The van der Waals surface area contributed by atoms with Gasteiger partial charge in [-0.25, -0.2) is 0 Å². The van der Waals surface area contributed by atoms with Crippen molar-refractivity contribution in [3.8, 4) is 0 Å². The molecule has 11 heteroatoms. The normalized spacial score (nSPS) is 7.96. The summed E-state index contributed by atoms with van der Waals surface area (Å²) in [5, 5.41) is 36.5. The SMILES string of the molecule is CC(=O)CC(=O)[O-].CC(=O)CC(=O)[O-].CC(=O)CC(=O)[O-].CC(C)O.[Zr+3]. The Bertz CT molecular complexity index is 357. The van der Waals surface area contributed by atoms with Gasteiger partial charge in [0, 0.05) is 43.3 Å². The zero-order valence-corrected chi connectivity index (χ0v) is 17.8. The molecule has 0 aliphatic heterocycles. The molecule has 0 aromatic rings. The van der Waals surface area contributed by atoms with Gasteiger partial charge in [0.25, 0.3) is 0 Å². The molecule has 0 aliphatic carbocycles. The Labute approximate surface area is 170 Å². The summed E-state index contributed by atoms with van der Waals surface area (Å²) in [4.78, 5) is 57.9. The molecule has 0 aromatic heterocycles. The van der Waals surface area contributed by atoms with Crippen molar-refractivity contribution in [3.05, 3.63) is 0 Å². The molecule has 0 aromatic carbocycles. The molecule has 0 saturated heterocycles. The molecule has 0 unspecified atom stereocenters. The Hall–Kier alpha value is -1.74. The van der Waals surface area contributed by atoms with Crippen molar-refractivity contribution < 1.29 is 75.4 Å². The first-order chi connectivity index (χ1) is 11.1. The first-order valence-corrected chi connectivity index (χ1v) is 6.87. The molecule has 0 amide bonds. The second-order valence-electron chi connectivity index (χ2n) is 4.85. The number of Topliss-reactive ketones (excluding diaryl/α,β-unsaturated/α-hetero) is 3. The van der Waals surface area contributed by atoms with Crippen LogP contribution in [0.15, 0.2) is 0 Å². The van der Waals surface area contributed by atoms with Crippen LogP contribution in [-0.2, 0) is 55.0 Å². The van der Waals surface area contributed by atoms with Crippen LogP contribution in [0, 0.1) is 0 Å². The smallest absolute Gasteiger partial charge is 0.550 e. The molecular weight excluding hydrogens is 431 g/mol. The van der Waals surface area contributed by atoms with Crippen molar-refractivity contribution in [2.75, 3.05) is 0 Å². The third-order valence-electron chi connectivity index (χ3n) is 1.18. The van der Waals surface area contributed by atoms with E-state index in [0.717, 1.165) is 0 Å². The standard InChI is InChI=1S/3C4H6O3.C3H8O.Zr/c3*1-3(5)2-4(6)7;1-3(2)4;/h3*2H2,1H3,(H,6,7);3-4H,1-2H3;/q;;;;+3/p-3.